The van der Waals surface area contributed by atoms with Crippen molar-refractivity contribution < 1.29 is 14.1 Å². The molecule has 0 radical (unpaired) electrons. The van der Waals surface area contributed by atoms with Crippen molar-refractivity contribution >= 4 is 16.9 Å². The number of ether oxygens (including phenoxy) is 1. The van der Waals surface area contributed by atoms with E-state index < -0.39 is 0 Å². The zero-order chi connectivity index (χ0) is 14.7. The number of nitrogens with zero attached hydrogens (tertiary/aromatic N) is 2. The minimum absolute atomic E-state index is 0.00404. The van der Waals surface area contributed by atoms with Gasteiger partial charge in [0.25, 0.3) is 0 Å². The van der Waals surface area contributed by atoms with Crippen LogP contribution in [0.3, 0.4) is 0 Å². The van der Waals surface area contributed by atoms with Gasteiger partial charge in [0.1, 0.15) is 11.8 Å². The van der Waals surface area contributed by atoms with Crippen molar-refractivity contribution in [2.24, 2.45) is 0 Å². The number of carbonyl (C=O) groups excluding carboxylic acids is 1. The quantitative estimate of drug-likeness (QED) is 0.809. The number of aromatic nitrogens is 1. The minimum atomic E-state index is -0.225. The van der Waals surface area contributed by atoms with E-state index in [1.54, 1.807) is 0 Å². The number of hydrogen-bond donors (Lipinski definition) is 0. The van der Waals surface area contributed by atoms with Gasteiger partial charge in [-0.3, -0.25) is 9.69 Å². The standard InChI is InChI=1S/C16H20N2O3/c1-2-18-9-5-6-12(11-18)20-16(19)10-14-13-7-3-4-8-15(13)21-17-14/h3-4,7-8,12H,2,5-6,9-11H2,1H3. The lowest BCUT2D eigenvalue weighted by Crippen LogP contribution is -2.40. The Balaban J connectivity index is 1.61. The molecule has 1 aliphatic heterocycles. The molecule has 5 nitrogen and oxygen atoms in total. The molecule has 1 saturated heterocycles. The summed E-state index contributed by atoms with van der Waals surface area (Å²) in [5, 5.41) is 4.86. The first-order chi connectivity index (χ1) is 10.3. The molecule has 1 fully saturated rings. The molecule has 1 atom stereocenters. The second kappa shape index (κ2) is 6.26. The highest BCUT2D eigenvalue weighted by atomic mass is 16.5. The summed E-state index contributed by atoms with van der Waals surface area (Å²) < 4.78 is 10.8. The average molecular weight is 288 g/mol. The van der Waals surface area contributed by atoms with Gasteiger partial charge < -0.3 is 9.26 Å². The summed E-state index contributed by atoms with van der Waals surface area (Å²) in [4.78, 5) is 14.4. The smallest absolute Gasteiger partial charge is 0.312 e. The van der Waals surface area contributed by atoms with Gasteiger partial charge in [0.2, 0.25) is 0 Å². The summed E-state index contributed by atoms with van der Waals surface area (Å²) in [5.74, 6) is -0.225. The number of likely N-dealkylation sites (N-methyl/N-ethyl adjacent to an activating group) is 1. The van der Waals surface area contributed by atoms with Crippen molar-refractivity contribution in [3.63, 3.8) is 0 Å². The molecule has 3 rings (SSSR count). The molecule has 1 aliphatic rings. The Kier molecular flexibility index (Phi) is 4.20. The number of likely N-dealkylation sites (tertiary alicyclic amines) is 1. The highest BCUT2D eigenvalue weighted by Crippen LogP contribution is 2.19. The van der Waals surface area contributed by atoms with E-state index in [9.17, 15) is 4.79 Å². The van der Waals surface area contributed by atoms with E-state index in [2.05, 4.69) is 17.0 Å². The van der Waals surface area contributed by atoms with Crippen LogP contribution in [-0.4, -0.2) is 41.8 Å². The maximum Gasteiger partial charge on any atom is 0.312 e. The van der Waals surface area contributed by atoms with Crippen molar-refractivity contribution in [3.8, 4) is 0 Å². The maximum atomic E-state index is 12.1. The molecule has 0 spiro atoms. The van der Waals surface area contributed by atoms with Gasteiger partial charge in [-0.2, -0.15) is 0 Å². The summed E-state index contributed by atoms with van der Waals surface area (Å²) in [6, 6.07) is 7.55. The number of carbonyl (C=O) groups is 1. The number of esters is 1. The highest BCUT2D eigenvalue weighted by Gasteiger charge is 2.23. The second-order valence-corrected chi connectivity index (χ2v) is 5.45. The highest BCUT2D eigenvalue weighted by molar-refractivity contribution is 5.84. The van der Waals surface area contributed by atoms with Gasteiger partial charge >= 0.3 is 5.97 Å². The van der Waals surface area contributed by atoms with E-state index in [-0.39, 0.29) is 18.5 Å². The molecule has 1 aromatic carbocycles. The van der Waals surface area contributed by atoms with Crippen LogP contribution in [0.25, 0.3) is 11.0 Å². The molecule has 0 saturated carbocycles. The van der Waals surface area contributed by atoms with Crippen LogP contribution in [0.4, 0.5) is 0 Å². The summed E-state index contributed by atoms with van der Waals surface area (Å²) in [6.07, 6.45) is 2.20. The van der Waals surface area contributed by atoms with Gasteiger partial charge in [-0.15, -0.1) is 0 Å². The third-order valence-corrected chi connectivity index (χ3v) is 3.97. The van der Waals surface area contributed by atoms with Crippen molar-refractivity contribution in [1.82, 2.24) is 10.1 Å². The number of benzene rings is 1. The Labute approximate surface area is 123 Å². The monoisotopic (exact) mass is 288 g/mol. The van der Waals surface area contributed by atoms with Crippen LogP contribution in [0.5, 0.6) is 0 Å². The molecular formula is C16H20N2O3. The van der Waals surface area contributed by atoms with Gasteiger partial charge in [-0.1, -0.05) is 24.2 Å². The van der Waals surface area contributed by atoms with Crippen LogP contribution in [-0.2, 0) is 16.0 Å². The summed E-state index contributed by atoms with van der Waals surface area (Å²) in [5.41, 5.74) is 1.36. The fourth-order valence-corrected chi connectivity index (χ4v) is 2.83. The number of piperidine rings is 1. The summed E-state index contributed by atoms with van der Waals surface area (Å²) in [7, 11) is 0. The molecular weight excluding hydrogens is 268 g/mol. The molecule has 2 heterocycles. The molecule has 2 aromatic rings. The van der Waals surface area contributed by atoms with E-state index in [0.717, 1.165) is 37.9 Å². The van der Waals surface area contributed by atoms with Crippen LogP contribution >= 0.6 is 0 Å². The average Bonchev–Trinajstić information content (AvgIpc) is 2.91. The van der Waals surface area contributed by atoms with Gasteiger partial charge in [0.05, 0.1) is 6.42 Å². The van der Waals surface area contributed by atoms with E-state index in [0.29, 0.717) is 11.3 Å². The first-order valence-corrected chi connectivity index (χ1v) is 7.51. The van der Waals surface area contributed by atoms with E-state index in [1.165, 1.54) is 0 Å². The predicted octanol–water partition coefficient (Wildman–Crippen LogP) is 2.40. The Morgan fingerprint density at radius 3 is 3.19 bits per heavy atom. The predicted molar refractivity (Wildman–Crippen MR) is 78.9 cm³/mol. The zero-order valence-corrected chi connectivity index (χ0v) is 12.2. The summed E-state index contributed by atoms with van der Waals surface area (Å²) >= 11 is 0. The van der Waals surface area contributed by atoms with E-state index in [1.807, 2.05) is 24.3 Å². The van der Waals surface area contributed by atoms with Crippen LogP contribution < -0.4 is 0 Å². The lowest BCUT2D eigenvalue weighted by molar-refractivity contribution is -0.150. The molecule has 1 unspecified atom stereocenters. The first kappa shape index (κ1) is 14.1. The normalized spacial score (nSPS) is 19.8. The van der Waals surface area contributed by atoms with Gasteiger partial charge in [-0.25, -0.2) is 0 Å². The Morgan fingerprint density at radius 2 is 2.33 bits per heavy atom. The molecule has 0 N–H and O–H groups in total. The Bertz CT molecular complexity index is 623. The molecule has 1 aromatic heterocycles. The zero-order valence-electron chi connectivity index (χ0n) is 12.2. The van der Waals surface area contributed by atoms with Crippen molar-refractivity contribution in [3.05, 3.63) is 30.0 Å². The topological polar surface area (TPSA) is 55.6 Å². The Morgan fingerprint density at radius 1 is 1.48 bits per heavy atom. The lowest BCUT2D eigenvalue weighted by Gasteiger charge is -2.31. The molecule has 0 amide bonds. The van der Waals surface area contributed by atoms with Gasteiger partial charge in [-0.05, 0) is 38.1 Å². The second-order valence-electron chi connectivity index (χ2n) is 5.45. The molecule has 0 aliphatic carbocycles. The fraction of sp³-hybridized carbons (Fsp3) is 0.500. The number of para-hydroxylation sites is 1. The van der Waals surface area contributed by atoms with Crippen molar-refractivity contribution in [2.45, 2.75) is 32.3 Å². The van der Waals surface area contributed by atoms with Crippen molar-refractivity contribution in [2.75, 3.05) is 19.6 Å². The first-order valence-electron chi connectivity index (χ1n) is 7.51. The third-order valence-electron chi connectivity index (χ3n) is 3.97. The van der Waals surface area contributed by atoms with E-state index in [4.69, 9.17) is 9.26 Å². The summed E-state index contributed by atoms with van der Waals surface area (Å²) in [6.45, 7) is 5.06. The fourth-order valence-electron chi connectivity index (χ4n) is 2.83. The number of rotatable bonds is 4. The molecule has 21 heavy (non-hydrogen) atoms. The molecule has 5 heteroatoms. The van der Waals surface area contributed by atoms with Gasteiger partial charge in [0.15, 0.2) is 5.58 Å². The minimum Gasteiger partial charge on any atom is -0.461 e. The molecule has 112 valence electrons. The van der Waals surface area contributed by atoms with Crippen molar-refractivity contribution in [1.29, 1.82) is 0 Å². The maximum absolute atomic E-state index is 12.1. The van der Waals surface area contributed by atoms with Crippen LogP contribution in [0.15, 0.2) is 28.8 Å². The SMILES string of the molecule is CCN1CCCC(OC(=O)Cc2noc3ccccc23)C1. The lowest BCUT2D eigenvalue weighted by atomic mass is 10.1. The van der Waals surface area contributed by atoms with Crippen LogP contribution in [0.2, 0.25) is 0 Å². The number of hydrogen-bond acceptors (Lipinski definition) is 5. The Hall–Kier alpha value is -1.88. The number of fused-ring (bicyclic) bond motifs is 1. The molecule has 0 bridgehead atoms. The van der Waals surface area contributed by atoms with Gasteiger partial charge in [0, 0.05) is 11.9 Å². The van der Waals surface area contributed by atoms with E-state index >= 15 is 0 Å². The third kappa shape index (κ3) is 3.24. The largest absolute Gasteiger partial charge is 0.461 e. The van der Waals surface area contributed by atoms with Crippen LogP contribution in [0.1, 0.15) is 25.5 Å². The van der Waals surface area contributed by atoms with Crippen LogP contribution in [0, 0.1) is 0 Å².